The van der Waals surface area contributed by atoms with Crippen LogP contribution in [-0.4, -0.2) is 42.5 Å². The molecule has 0 unspecified atom stereocenters. The highest BCUT2D eigenvalue weighted by molar-refractivity contribution is 9.10. The maximum absolute atomic E-state index is 12.7. The zero-order valence-electron chi connectivity index (χ0n) is 15.7. The van der Waals surface area contributed by atoms with Gasteiger partial charge in [-0.25, -0.2) is 4.68 Å². The molecule has 6 nitrogen and oxygen atoms in total. The molecule has 4 rings (SSSR count). The molecule has 1 saturated heterocycles. The van der Waals surface area contributed by atoms with Crippen LogP contribution in [0.25, 0.3) is 23.0 Å². The Balaban J connectivity index is 1.79. The van der Waals surface area contributed by atoms with E-state index in [4.69, 9.17) is 22.4 Å². The fourth-order valence-corrected chi connectivity index (χ4v) is 4.74. The molecule has 1 aromatic heterocycles. The van der Waals surface area contributed by atoms with Crippen molar-refractivity contribution in [3.05, 3.63) is 74.1 Å². The first-order chi connectivity index (χ1) is 14.8. The van der Waals surface area contributed by atoms with E-state index >= 15 is 0 Å². The molecule has 0 spiro atoms. The van der Waals surface area contributed by atoms with Crippen LogP contribution < -0.4 is 0 Å². The van der Waals surface area contributed by atoms with Crippen molar-refractivity contribution in [3.63, 3.8) is 0 Å². The van der Waals surface area contributed by atoms with E-state index in [0.717, 1.165) is 42.4 Å². The van der Waals surface area contributed by atoms with Gasteiger partial charge in [-0.2, -0.15) is 5.10 Å². The molecule has 0 radical (unpaired) electrons. The number of thiocarbonyl (C=S) groups is 1. The van der Waals surface area contributed by atoms with Gasteiger partial charge in [0.15, 0.2) is 0 Å². The lowest BCUT2D eigenvalue weighted by molar-refractivity contribution is -0.140. The van der Waals surface area contributed by atoms with E-state index in [2.05, 4.69) is 31.9 Å². The van der Waals surface area contributed by atoms with E-state index in [-0.39, 0.29) is 4.32 Å². The predicted octanol–water partition coefficient (Wildman–Crippen LogP) is 5.35. The molecule has 10 heteroatoms. The van der Waals surface area contributed by atoms with Crippen molar-refractivity contribution < 1.29 is 14.7 Å². The van der Waals surface area contributed by atoms with Gasteiger partial charge in [0.25, 0.3) is 5.91 Å². The highest BCUT2D eigenvalue weighted by atomic mass is 79.9. The summed E-state index contributed by atoms with van der Waals surface area (Å²) in [6.45, 7) is -0.459. The van der Waals surface area contributed by atoms with Gasteiger partial charge in [-0.05, 0) is 42.5 Å². The second kappa shape index (κ2) is 9.07. The number of carboxylic acids is 1. The molecule has 3 aromatic rings. The quantitative estimate of drug-likeness (QED) is 0.325. The Labute approximate surface area is 204 Å². The van der Waals surface area contributed by atoms with Crippen molar-refractivity contribution in [1.82, 2.24) is 14.7 Å². The molecule has 0 atom stereocenters. The van der Waals surface area contributed by atoms with Crippen molar-refractivity contribution in [3.8, 4) is 16.9 Å². The summed E-state index contributed by atoms with van der Waals surface area (Å²) >= 11 is 13.2. The fourth-order valence-electron chi connectivity index (χ4n) is 2.96. The molecule has 31 heavy (non-hydrogen) atoms. The van der Waals surface area contributed by atoms with E-state index in [1.165, 1.54) is 0 Å². The van der Waals surface area contributed by atoms with Gasteiger partial charge in [-0.15, -0.1) is 0 Å². The monoisotopic (exact) mass is 577 g/mol. The number of thioether (sulfide) groups is 1. The summed E-state index contributed by atoms with van der Waals surface area (Å²) in [5.41, 5.74) is 3.16. The molecule has 0 bridgehead atoms. The molecular weight excluding hydrogens is 566 g/mol. The maximum Gasteiger partial charge on any atom is 0.323 e. The third-order valence-electron chi connectivity index (χ3n) is 4.40. The Morgan fingerprint density at radius 2 is 1.71 bits per heavy atom. The number of carboxylic acid groups (broad SMARTS) is 1. The lowest BCUT2D eigenvalue weighted by Crippen LogP contribution is -2.33. The van der Waals surface area contributed by atoms with Crippen LogP contribution in [0.3, 0.4) is 0 Å². The number of rotatable bonds is 5. The minimum atomic E-state index is -1.11. The normalized spacial score (nSPS) is 15.2. The third-order valence-corrected chi connectivity index (χ3v) is 6.84. The smallest absolute Gasteiger partial charge is 0.323 e. The summed E-state index contributed by atoms with van der Waals surface area (Å²) in [4.78, 5) is 25.2. The summed E-state index contributed by atoms with van der Waals surface area (Å²) in [5.74, 6) is -1.54. The SMILES string of the molecule is O=C(O)CN1C(=O)/C(=C/c2cn(-c3ccc(Br)cc3)nc2-c2ccc(Br)cc2)SC1=S. The summed E-state index contributed by atoms with van der Waals surface area (Å²) in [6, 6.07) is 15.4. The first-order valence-electron chi connectivity index (χ1n) is 8.90. The van der Waals surface area contributed by atoms with E-state index in [1.807, 2.05) is 54.7 Å². The van der Waals surface area contributed by atoms with Gasteiger partial charge in [0.1, 0.15) is 10.9 Å². The van der Waals surface area contributed by atoms with Crippen molar-refractivity contribution in [2.75, 3.05) is 6.54 Å². The molecular formula is C21H13Br2N3O3S2. The number of amides is 1. The summed E-state index contributed by atoms with van der Waals surface area (Å²) in [6.07, 6.45) is 3.55. The number of hydrogen-bond acceptors (Lipinski definition) is 5. The van der Waals surface area contributed by atoms with Crippen LogP contribution in [0.2, 0.25) is 0 Å². The lowest BCUT2D eigenvalue weighted by Gasteiger charge is -2.10. The van der Waals surface area contributed by atoms with Crippen molar-refractivity contribution in [2.45, 2.75) is 0 Å². The second-order valence-electron chi connectivity index (χ2n) is 6.52. The number of hydrogen-bond donors (Lipinski definition) is 1. The first-order valence-corrected chi connectivity index (χ1v) is 11.7. The van der Waals surface area contributed by atoms with E-state index in [9.17, 15) is 9.59 Å². The van der Waals surface area contributed by atoms with Gasteiger partial charge in [0, 0.05) is 26.3 Å². The average molecular weight is 579 g/mol. The van der Waals surface area contributed by atoms with Gasteiger partial charge in [0.05, 0.1) is 16.3 Å². The predicted molar refractivity (Wildman–Crippen MR) is 132 cm³/mol. The zero-order valence-corrected chi connectivity index (χ0v) is 20.5. The third kappa shape index (κ3) is 4.82. The van der Waals surface area contributed by atoms with Gasteiger partial charge >= 0.3 is 5.97 Å². The summed E-state index contributed by atoms with van der Waals surface area (Å²) < 4.78 is 3.87. The van der Waals surface area contributed by atoms with E-state index in [1.54, 1.807) is 10.8 Å². The Kier molecular flexibility index (Phi) is 6.42. The summed E-state index contributed by atoms with van der Waals surface area (Å²) in [5, 5.41) is 13.8. The number of aliphatic carboxylic acids is 1. The Hall–Kier alpha value is -2.27. The molecule has 1 amide bonds. The molecule has 0 aliphatic carbocycles. The Morgan fingerprint density at radius 3 is 2.32 bits per heavy atom. The van der Waals surface area contributed by atoms with Crippen molar-refractivity contribution in [1.29, 1.82) is 0 Å². The second-order valence-corrected chi connectivity index (χ2v) is 10.0. The number of carbonyl (C=O) groups is 2. The van der Waals surface area contributed by atoms with Gasteiger partial charge < -0.3 is 5.11 Å². The molecule has 1 aliphatic rings. The average Bonchev–Trinajstić information content (AvgIpc) is 3.26. The van der Waals surface area contributed by atoms with Crippen LogP contribution in [0.15, 0.2) is 68.6 Å². The standard InChI is InChI=1S/C21H13Br2N3O3S2/c22-14-3-1-12(2-4-14)19-13(10-26(24-19)16-7-5-15(23)6-8-16)9-17-20(29)25(11-18(27)28)21(30)31-17/h1-10H,11H2,(H,27,28)/b17-9-. The van der Waals surface area contributed by atoms with Crippen LogP contribution >= 0.6 is 55.8 Å². The highest BCUT2D eigenvalue weighted by Gasteiger charge is 2.33. The van der Waals surface area contributed by atoms with Crippen LogP contribution in [0.5, 0.6) is 0 Å². The molecule has 2 aromatic carbocycles. The van der Waals surface area contributed by atoms with Crippen LogP contribution in [0.1, 0.15) is 5.56 Å². The zero-order chi connectivity index (χ0) is 22.1. The number of nitrogens with zero attached hydrogens (tertiary/aromatic N) is 3. The molecule has 2 heterocycles. The molecule has 1 N–H and O–H groups in total. The summed E-state index contributed by atoms with van der Waals surface area (Å²) in [7, 11) is 0. The van der Waals surface area contributed by atoms with Crippen LogP contribution in [0, 0.1) is 0 Å². The fraction of sp³-hybridized carbons (Fsp3) is 0.0476. The van der Waals surface area contributed by atoms with Gasteiger partial charge in [-0.3, -0.25) is 14.5 Å². The maximum atomic E-state index is 12.7. The Morgan fingerprint density at radius 1 is 1.10 bits per heavy atom. The Bertz CT molecular complexity index is 1220. The number of aromatic nitrogens is 2. The van der Waals surface area contributed by atoms with Crippen LogP contribution in [-0.2, 0) is 9.59 Å². The molecule has 1 aliphatic heterocycles. The molecule has 0 saturated carbocycles. The largest absolute Gasteiger partial charge is 0.480 e. The highest BCUT2D eigenvalue weighted by Crippen LogP contribution is 2.35. The minimum Gasteiger partial charge on any atom is -0.480 e. The number of benzene rings is 2. The minimum absolute atomic E-state index is 0.226. The molecule has 1 fully saturated rings. The van der Waals surface area contributed by atoms with Crippen LogP contribution in [0.4, 0.5) is 0 Å². The number of carbonyl (C=O) groups excluding carboxylic acids is 1. The van der Waals surface area contributed by atoms with Gasteiger partial charge in [0.2, 0.25) is 0 Å². The van der Waals surface area contributed by atoms with Gasteiger partial charge in [-0.1, -0.05) is 68.0 Å². The van der Waals surface area contributed by atoms with E-state index < -0.39 is 18.4 Å². The molecule has 156 valence electrons. The lowest BCUT2D eigenvalue weighted by atomic mass is 10.1. The number of halogens is 2. The van der Waals surface area contributed by atoms with Crippen molar-refractivity contribution >= 4 is 78.1 Å². The van der Waals surface area contributed by atoms with Crippen molar-refractivity contribution in [2.24, 2.45) is 0 Å². The topological polar surface area (TPSA) is 75.4 Å². The van der Waals surface area contributed by atoms with E-state index in [0.29, 0.717) is 10.6 Å². The first kappa shape index (κ1) is 21.9.